The summed E-state index contributed by atoms with van der Waals surface area (Å²) in [6.45, 7) is 0.973. The van der Waals surface area contributed by atoms with Crippen LogP contribution in [0.3, 0.4) is 0 Å². The third-order valence-corrected chi connectivity index (χ3v) is 8.34. The molecule has 1 amide bonds. The number of pyridine rings is 1. The Kier molecular flexibility index (Phi) is 6.81. The molecule has 34 heavy (non-hydrogen) atoms. The van der Waals surface area contributed by atoms with Crippen LogP contribution in [-0.2, 0) is 9.84 Å². The molecule has 0 radical (unpaired) electrons. The molecule has 0 saturated carbocycles. The van der Waals surface area contributed by atoms with Crippen LogP contribution >= 0.6 is 11.6 Å². The van der Waals surface area contributed by atoms with Crippen molar-refractivity contribution < 1.29 is 26.4 Å². The lowest BCUT2D eigenvalue weighted by atomic mass is 10.1. The van der Waals surface area contributed by atoms with Crippen LogP contribution in [0.2, 0.25) is 5.02 Å². The summed E-state index contributed by atoms with van der Waals surface area (Å²) in [5.41, 5.74) is -0.401. The number of carbonyl (C=O) groups is 1. The van der Waals surface area contributed by atoms with E-state index in [0.29, 0.717) is 38.1 Å². The smallest absolute Gasteiger partial charge is 0.255 e. The van der Waals surface area contributed by atoms with E-state index < -0.39 is 38.4 Å². The van der Waals surface area contributed by atoms with Gasteiger partial charge in [-0.25, -0.2) is 26.6 Å². The molecule has 0 bridgehead atoms. The number of aromatic nitrogens is 1. The Bertz CT molecular complexity index is 1310. The summed E-state index contributed by atoms with van der Waals surface area (Å²) in [5, 5.41) is 1.49. The van der Waals surface area contributed by atoms with Crippen molar-refractivity contribution in [1.82, 2.24) is 4.98 Å². The number of rotatable bonds is 5. The maximum Gasteiger partial charge on any atom is 0.255 e. The van der Waals surface area contributed by atoms with E-state index in [-0.39, 0.29) is 21.2 Å². The first-order valence-electron chi connectivity index (χ1n) is 10.3. The van der Waals surface area contributed by atoms with E-state index in [1.165, 1.54) is 12.1 Å². The molecule has 0 unspecified atom stereocenters. The Morgan fingerprint density at radius 3 is 2.32 bits per heavy atom. The number of piperidine rings is 1. The van der Waals surface area contributed by atoms with Gasteiger partial charge < -0.3 is 10.2 Å². The second-order valence-corrected chi connectivity index (χ2v) is 10.4. The standard InChI is InChI=1S/C23H19ClF3N3O3S/c24-17-5-4-14(23(31)29-15-12-18(25)22(27)19(26)13-15)11-20(17)34(32,33)16-6-9-30(10-7-16)21-3-1-2-8-28-21/h1-5,8,11-13,16H,6-7,9-10H2,(H,29,31). The highest BCUT2D eigenvalue weighted by atomic mass is 35.5. The monoisotopic (exact) mass is 509 g/mol. The summed E-state index contributed by atoms with van der Waals surface area (Å²) < 4.78 is 66.7. The minimum absolute atomic E-state index is 0.0393. The molecular formula is C23H19ClF3N3O3S. The molecule has 0 aliphatic carbocycles. The lowest BCUT2D eigenvalue weighted by molar-refractivity contribution is 0.102. The quantitative estimate of drug-likeness (QED) is 0.498. The van der Waals surface area contributed by atoms with Gasteiger partial charge in [0.1, 0.15) is 5.82 Å². The number of anilines is 2. The van der Waals surface area contributed by atoms with Crippen molar-refractivity contribution in [2.75, 3.05) is 23.3 Å². The van der Waals surface area contributed by atoms with Gasteiger partial charge in [-0.2, -0.15) is 0 Å². The fourth-order valence-corrected chi connectivity index (χ4v) is 6.07. The lowest BCUT2D eigenvalue weighted by Crippen LogP contribution is -2.39. The largest absolute Gasteiger partial charge is 0.357 e. The number of nitrogens with one attached hydrogen (secondary N) is 1. The number of amides is 1. The average molecular weight is 510 g/mol. The van der Waals surface area contributed by atoms with E-state index >= 15 is 0 Å². The highest BCUT2D eigenvalue weighted by Crippen LogP contribution is 2.31. The average Bonchev–Trinajstić information content (AvgIpc) is 2.83. The number of hydrogen-bond donors (Lipinski definition) is 1. The first kappa shape index (κ1) is 24.0. The molecule has 1 aliphatic heterocycles. The highest BCUT2D eigenvalue weighted by Gasteiger charge is 2.33. The third kappa shape index (κ3) is 4.88. The van der Waals surface area contributed by atoms with Crippen molar-refractivity contribution in [1.29, 1.82) is 0 Å². The zero-order valence-electron chi connectivity index (χ0n) is 17.6. The Balaban J connectivity index is 1.52. The summed E-state index contributed by atoms with van der Waals surface area (Å²) in [7, 11) is -3.87. The van der Waals surface area contributed by atoms with Gasteiger partial charge in [0.2, 0.25) is 0 Å². The van der Waals surface area contributed by atoms with Crippen LogP contribution in [0, 0.1) is 17.5 Å². The number of nitrogens with zero attached hydrogens (tertiary/aromatic N) is 2. The Morgan fingerprint density at radius 1 is 1.03 bits per heavy atom. The van der Waals surface area contributed by atoms with Gasteiger partial charge in [-0.1, -0.05) is 17.7 Å². The molecule has 1 N–H and O–H groups in total. The molecule has 2 aromatic carbocycles. The van der Waals surface area contributed by atoms with Gasteiger partial charge in [-0.3, -0.25) is 4.79 Å². The molecule has 1 fully saturated rings. The fraction of sp³-hybridized carbons (Fsp3) is 0.217. The first-order valence-corrected chi connectivity index (χ1v) is 12.2. The van der Waals surface area contributed by atoms with Gasteiger partial charge in [0.05, 0.1) is 15.2 Å². The van der Waals surface area contributed by atoms with E-state index in [9.17, 15) is 26.4 Å². The number of sulfone groups is 1. The molecule has 11 heteroatoms. The molecule has 2 heterocycles. The van der Waals surface area contributed by atoms with E-state index in [4.69, 9.17) is 11.6 Å². The molecule has 0 atom stereocenters. The van der Waals surface area contributed by atoms with Gasteiger partial charge in [0, 0.05) is 42.7 Å². The second kappa shape index (κ2) is 9.63. The molecule has 1 aromatic heterocycles. The molecule has 1 aliphatic rings. The van der Waals surface area contributed by atoms with Crippen LogP contribution < -0.4 is 10.2 Å². The molecule has 1 saturated heterocycles. The number of benzene rings is 2. The molecule has 3 aromatic rings. The maximum atomic E-state index is 13.4. The van der Waals surface area contributed by atoms with Gasteiger partial charge in [-0.15, -0.1) is 0 Å². The Labute approximate surface area is 199 Å². The van der Waals surface area contributed by atoms with Gasteiger partial charge in [0.15, 0.2) is 27.3 Å². The summed E-state index contributed by atoms with van der Waals surface area (Å²) in [6, 6.07) is 10.5. The van der Waals surface area contributed by atoms with E-state index in [2.05, 4.69) is 10.3 Å². The zero-order valence-corrected chi connectivity index (χ0v) is 19.2. The Hall–Kier alpha value is -3.11. The first-order chi connectivity index (χ1) is 16.2. The minimum atomic E-state index is -3.87. The third-order valence-electron chi connectivity index (χ3n) is 5.60. The SMILES string of the molecule is O=C(Nc1cc(F)c(F)c(F)c1)c1ccc(Cl)c(S(=O)(=O)C2CCN(c3ccccn3)CC2)c1. The van der Waals surface area contributed by atoms with E-state index in [1.807, 2.05) is 17.0 Å². The van der Waals surface area contributed by atoms with Crippen molar-refractivity contribution in [2.24, 2.45) is 0 Å². The van der Waals surface area contributed by atoms with Crippen molar-refractivity contribution in [3.8, 4) is 0 Å². The molecule has 178 valence electrons. The van der Waals surface area contributed by atoms with Crippen LogP contribution in [0.25, 0.3) is 0 Å². The highest BCUT2D eigenvalue weighted by molar-refractivity contribution is 7.92. The van der Waals surface area contributed by atoms with Crippen molar-refractivity contribution in [3.63, 3.8) is 0 Å². The van der Waals surface area contributed by atoms with Crippen LogP contribution in [-0.4, -0.2) is 37.6 Å². The van der Waals surface area contributed by atoms with Crippen LogP contribution in [0.15, 0.2) is 59.6 Å². The van der Waals surface area contributed by atoms with Crippen molar-refractivity contribution in [3.05, 3.63) is 82.8 Å². The van der Waals surface area contributed by atoms with Gasteiger partial charge in [-0.05, 0) is 43.2 Å². The van der Waals surface area contributed by atoms with Crippen LogP contribution in [0.1, 0.15) is 23.2 Å². The van der Waals surface area contributed by atoms with E-state index in [0.717, 1.165) is 11.9 Å². The molecule has 6 nitrogen and oxygen atoms in total. The minimum Gasteiger partial charge on any atom is -0.357 e. The van der Waals surface area contributed by atoms with Crippen LogP contribution in [0.5, 0.6) is 0 Å². The van der Waals surface area contributed by atoms with E-state index in [1.54, 1.807) is 12.3 Å². The lowest BCUT2D eigenvalue weighted by Gasteiger charge is -2.32. The molecular weight excluding hydrogens is 491 g/mol. The number of carbonyl (C=O) groups excluding carboxylic acids is 1. The number of hydrogen-bond acceptors (Lipinski definition) is 5. The number of halogens is 4. The summed E-state index contributed by atoms with van der Waals surface area (Å²) >= 11 is 6.18. The fourth-order valence-electron chi connectivity index (χ4n) is 3.81. The molecule has 0 spiro atoms. The Morgan fingerprint density at radius 2 is 1.71 bits per heavy atom. The topological polar surface area (TPSA) is 79.4 Å². The second-order valence-electron chi connectivity index (χ2n) is 7.77. The van der Waals surface area contributed by atoms with Crippen molar-refractivity contribution in [2.45, 2.75) is 23.0 Å². The summed E-state index contributed by atoms with van der Waals surface area (Å²) in [6.07, 6.45) is 2.36. The summed E-state index contributed by atoms with van der Waals surface area (Å²) in [5.74, 6) is -4.65. The van der Waals surface area contributed by atoms with Crippen LogP contribution in [0.4, 0.5) is 24.7 Å². The van der Waals surface area contributed by atoms with Gasteiger partial charge >= 0.3 is 0 Å². The zero-order chi connectivity index (χ0) is 24.5. The summed E-state index contributed by atoms with van der Waals surface area (Å²) in [4.78, 5) is 18.7. The van der Waals surface area contributed by atoms with Gasteiger partial charge in [0.25, 0.3) is 5.91 Å². The predicted molar refractivity (Wildman–Crippen MR) is 122 cm³/mol. The molecule has 4 rings (SSSR count). The maximum absolute atomic E-state index is 13.4. The predicted octanol–water partition coefficient (Wildman–Crippen LogP) is 4.85. The normalized spacial score (nSPS) is 14.8. The van der Waals surface area contributed by atoms with Crippen molar-refractivity contribution >= 4 is 38.9 Å².